The van der Waals surface area contributed by atoms with E-state index >= 15 is 0 Å². The molecule has 0 atom stereocenters. The van der Waals surface area contributed by atoms with Gasteiger partial charge in [0.05, 0.1) is 22.6 Å². The van der Waals surface area contributed by atoms with Crippen LogP contribution in [0.1, 0.15) is 42.2 Å². The van der Waals surface area contributed by atoms with Crippen molar-refractivity contribution in [3.8, 4) is 22.5 Å². The molecule has 0 bridgehead atoms. The van der Waals surface area contributed by atoms with Gasteiger partial charge in [-0.2, -0.15) is 0 Å². The molecule has 0 spiro atoms. The number of unbranched alkanes of at least 4 members (excludes halogenated alkanes) is 2. The Morgan fingerprint density at radius 2 is 1.56 bits per heavy atom. The SMILES string of the molecule is CCCCCNC(=O)c1cn2c(-c3ccc(Cl)cc3)c(-c3ccc(Cl)cc3)nc2nc1C. The summed E-state index contributed by atoms with van der Waals surface area (Å²) >= 11 is 12.2. The van der Waals surface area contributed by atoms with Crippen LogP contribution in [0.15, 0.2) is 54.7 Å². The number of nitrogens with zero attached hydrogens (tertiary/aromatic N) is 3. The molecule has 1 amide bonds. The number of aromatic nitrogens is 3. The fourth-order valence-electron chi connectivity index (χ4n) is 3.64. The first-order valence-electron chi connectivity index (χ1n) is 10.7. The zero-order chi connectivity index (χ0) is 22.7. The number of amides is 1. The highest BCUT2D eigenvalue weighted by Crippen LogP contribution is 2.34. The maximum atomic E-state index is 12.9. The van der Waals surface area contributed by atoms with Gasteiger partial charge in [0.2, 0.25) is 5.78 Å². The largest absolute Gasteiger partial charge is 0.352 e. The molecular formula is C25H24Cl2N4O. The molecule has 2 aromatic carbocycles. The number of benzene rings is 2. The molecule has 0 unspecified atom stereocenters. The van der Waals surface area contributed by atoms with E-state index in [9.17, 15) is 4.79 Å². The lowest BCUT2D eigenvalue weighted by Gasteiger charge is -2.10. The van der Waals surface area contributed by atoms with Crippen molar-refractivity contribution in [2.45, 2.75) is 33.1 Å². The van der Waals surface area contributed by atoms with Crippen molar-refractivity contribution < 1.29 is 4.79 Å². The quantitative estimate of drug-likeness (QED) is 0.312. The van der Waals surface area contributed by atoms with Crippen LogP contribution in [0.5, 0.6) is 0 Å². The Kier molecular flexibility index (Phi) is 6.77. The predicted molar refractivity (Wildman–Crippen MR) is 130 cm³/mol. The van der Waals surface area contributed by atoms with E-state index in [0.717, 1.165) is 41.8 Å². The Balaban J connectivity index is 1.85. The second kappa shape index (κ2) is 9.72. The number of rotatable bonds is 7. The van der Waals surface area contributed by atoms with Crippen LogP contribution in [-0.2, 0) is 0 Å². The first-order valence-corrected chi connectivity index (χ1v) is 11.4. The van der Waals surface area contributed by atoms with Crippen LogP contribution in [0.4, 0.5) is 0 Å². The molecule has 0 saturated heterocycles. The number of halogens is 2. The Morgan fingerprint density at radius 3 is 2.19 bits per heavy atom. The zero-order valence-corrected chi connectivity index (χ0v) is 19.5. The highest BCUT2D eigenvalue weighted by atomic mass is 35.5. The molecule has 0 radical (unpaired) electrons. The smallest absolute Gasteiger partial charge is 0.254 e. The topological polar surface area (TPSA) is 59.3 Å². The number of carbonyl (C=O) groups is 1. The van der Waals surface area contributed by atoms with Crippen molar-refractivity contribution in [2.75, 3.05) is 6.54 Å². The minimum absolute atomic E-state index is 0.128. The average Bonchev–Trinajstić information content (AvgIpc) is 3.15. The molecule has 1 N–H and O–H groups in total. The molecule has 7 heteroatoms. The van der Waals surface area contributed by atoms with Crippen molar-refractivity contribution in [1.29, 1.82) is 0 Å². The molecule has 32 heavy (non-hydrogen) atoms. The van der Waals surface area contributed by atoms with E-state index in [2.05, 4.69) is 17.2 Å². The minimum atomic E-state index is -0.128. The van der Waals surface area contributed by atoms with Crippen molar-refractivity contribution in [3.63, 3.8) is 0 Å². The third-order valence-corrected chi connectivity index (χ3v) is 5.86. The molecule has 4 aromatic rings. The maximum Gasteiger partial charge on any atom is 0.254 e. The summed E-state index contributed by atoms with van der Waals surface area (Å²) in [5, 5.41) is 4.31. The molecule has 0 aliphatic rings. The summed E-state index contributed by atoms with van der Waals surface area (Å²) in [6, 6.07) is 15.1. The number of nitrogens with one attached hydrogen (secondary N) is 1. The third kappa shape index (κ3) is 4.64. The monoisotopic (exact) mass is 466 g/mol. The Bertz CT molecular complexity index is 1250. The summed E-state index contributed by atoms with van der Waals surface area (Å²) < 4.78 is 1.88. The van der Waals surface area contributed by atoms with Gasteiger partial charge in [-0.15, -0.1) is 0 Å². The number of hydrogen-bond acceptors (Lipinski definition) is 3. The molecule has 2 heterocycles. The van der Waals surface area contributed by atoms with E-state index in [1.807, 2.05) is 66.1 Å². The van der Waals surface area contributed by atoms with Crippen molar-refractivity contribution in [1.82, 2.24) is 19.7 Å². The van der Waals surface area contributed by atoms with Crippen LogP contribution in [-0.4, -0.2) is 26.8 Å². The fourth-order valence-corrected chi connectivity index (χ4v) is 3.89. The summed E-state index contributed by atoms with van der Waals surface area (Å²) in [5.74, 6) is 0.400. The molecule has 0 saturated carbocycles. The maximum absolute atomic E-state index is 12.9. The minimum Gasteiger partial charge on any atom is -0.352 e. The van der Waals surface area contributed by atoms with Gasteiger partial charge in [0.25, 0.3) is 5.91 Å². The fraction of sp³-hybridized carbons (Fsp3) is 0.240. The van der Waals surface area contributed by atoms with E-state index in [0.29, 0.717) is 33.6 Å². The van der Waals surface area contributed by atoms with Crippen LogP contribution < -0.4 is 5.32 Å². The summed E-state index contributed by atoms with van der Waals surface area (Å²) in [5.41, 5.74) is 4.60. The lowest BCUT2D eigenvalue weighted by Crippen LogP contribution is -2.26. The summed E-state index contributed by atoms with van der Waals surface area (Å²) in [4.78, 5) is 22.3. The van der Waals surface area contributed by atoms with Gasteiger partial charge in [-0.3, -0.25) is 9.20 Å². The zero-order valence-electron chi connectivity index (χ0n) is 18.0. The van der Waals surface area contributed by atoms with Gasteiger partial charge in [-0.25, -0.2) is 9.97 Å². The van der Waals surface area contributed by atoms with Gasteiger partial charge in [0.1, 0.15) is 0 Å². The van der Waals surface area contributed by atoms with Crippen LogP contribution in [0.2, 0.25) is 10.0 Å². The van der Waals surface area contributed by atoms with Gasteiger partial charge in [0.15, 0.2) is 0 Å². The van der Waals surface area contributed by atoms with Gasteiger partial charge in [-0.05, 0) is 37.6 Å². The first-order chi connectivity index (χ1) is 15.5. The lowest BCUT2D eigenvalue weighted by molar-refractivity contribution is 0.0951. The van der Waals surface area contributed by atoms with Crippen LogP contribution in [0.25, 0.3) is 28.3 Å². The third-order valence-electron chi connectivity index (χ3n) is 5.35. The first kappa shape index (κ1) is 22.3. The van der Waals surface area contributed by atoms with Gasteiger partial charge in [0, 0.05) is 33.9 Å². The van der Waals surface area contributed by atoms with Crippen LogP contribution >= 0.6 is 23.2 Å². The van der Waals surface area contributed by atoms with E-state index < -0.39 is 0 Å². The van der Waals surface area contributed by atoms with Gasteiger partial charge < -0.3 is 5.32 Å². The predicted octanol–water partition coefficient (Wildman–Crippen LogP) is 6.60. The number of hydrogen-bond donors (Lipinski definition) is 1. The highest BCUT2D eigenvalue weighted by Gasteiger charge is 2.20. The molecular weight excluding hydrogens is 443 g/mol. The van der Waals surface area contributed by atoms with Crippen LogP contribution in [0.3, 0.4) is 0 Å². The van der Waals surface area contributed by atoms with Gasteiger partial charge >= 0.3 is 0 Å². The second-order valence-corrected chi connectivity index (χ2v) is 8.57. The molecule has 0 aliphatic heterocycles. The molecule has 5 nitrogen and oxygen atoms in total. The van der Waals surface area contributed by atoms with E-state index in [1.54, 1.807) is 0 Å². The molecule has 0 aliphatic carbocycles. The highest BCUT2D eigenvalue weighted by molar-refractivity contribution is 6.31. The van der Waals surface area contributed by atoms with Crippen molar-refractivity contribution >= 4 is 34.9 Å². The van der Waals surface area contributed by atoms with Gasteiger partial charge in [-0.1, -0.05) is 67.2 Å². The molecule has 164 valence electrons. The number of fused-ring (bicyclic) bond motifs is 1. The standard InChI is InChI=1S/C25H24Cl2N4O/c1-3-4-5-14-28-24(32)21-15-31-23(18-8-12-20(27)13-9-18)22(30-25(31)29-16(21)2)17-6-10-19(26)11-7-17/h6-13,15H,3-5,14H2,1-2H3,(H,28,32). The van der Waals surface area contributed by atoms with Crippen molar-refractivity contribution in [2.24, 2.45) is 0 Å². The Labute approximate surface area is 197 Å². The van der Waals surface area contributed by atoms with Crippen LogP contribution in [0, 0.1) is 6.92 Å². The number of carbonyl (C=O) groups excluding carboxylic acids is 1. The lowest BCUT2D eigenvalue weighted by atomic mass is 10.0. The van der Waals surface area contributed by atoms with Crippen molar-refractivity contribution in [3.05, 3.63) is 76.0 Å². The van der Waals surface area contributed by atoms with E-state index in [1.165, 1.54) is 0 Å². The molecule has 4 rings (SSSR count). The summed E-state index contributed by atoms with van der Waals surface area (Å²) in [7, 11) is 0. The average molecular weight is 467 g/mol. The molecule has 0 fully saturated rings. The Morgan fingerprint density at radius 1 is 0.938 bits per heavy atom. The normalized spacial score (nSPS) is 11.1. The molecule has 2 aromatic heterocycles. The van der Waals surface area contributed by atoms with E-state index in [-0.39, 0.29) is 5.91 Å². The second-order valence-electron chi connectivity index (χ2n) is 7.70. The number of imidazole rings is 1. The van der Waals surface area contributed by atoms with E-state index in [4.69, 9.17) is 28.2 Å². The summed E-state index contributed by atoms with van der Waals surface area (Å²) in [6.45, 7) is 4.62. The number of aryl methyl sites for hydroxylation is 1. The summed E-state index contributed by atoms with van der Waals surface area (Å²) in [6.07, 6.45) is 4.97. The Hall–Kier alpha value is -2.89.